The summed E-state index contributed by atoms with van der Waals surface area (Å²) in [5.41, 5.74) is 7.82. The van der Waals surface area contributed by atoms with E-state index < -0.39 is 0 Å². The highest BCUT2D eigenvalue weighted by Gasteiger charge is 2.12. The Kier molecular flexibility index (Phi) is 4.33. The van der Waals surface area contributed by atoms with E-state index in [-0.39, 0.29) is 0 Å². The molecule has 32 heavy (non-hydrogen) atoms. The fourth-order valence-electron chi connectivity index (χ4n) is 5.19. The van der Waals surface area contributed by atoms with Gasteiger partial charge in [-0.15, -0.1) is 0 Å². The minimum Gasteiger partial charge on any atom is -0.0620 e. The van der Waals surface area contributed by atoms with Crippen LogP contribution in [0.3, 0.4) is 0 Å². The van der Waals surface area contributed by atoms with Crippen LogP contribution in [-0.2, 0) is 0 Å². The van der Waals surface area contributed by atoms with Crippen molar-refractivity contribution in [3.8, 4) is 22.3 Å². The molecule has 0 aliphatic rings. The van der Waals surface area contributed by atoms with Gasteiger partial charge in [-0.3, -0.25) is 0 Å². The van der Waals surface area contributed by atoms with Gasteiger partial charge in [-0.25, -0.2) is 0 Å². The first-order valence-electron chi connectivity index (χ1n) is 11.2. The first kappa shape index (κ1) is 18.8. The molecule has 0 amide bonds. The lowest BCUT2D eigenvalue weighted by atomic mass is 9.88. The molecule has 6 aromatic carbocycles. The second-order valence-electron chi connectivity index (χ2n) is 8.64. The number of aryl methyl sites for hydroxylation is 1. The van der Waals surface area contributed by atoms with Gasteiger partial charge in [0.2, 0.25) is 0 Å². The summed E-state index contributed by atoms with van der Waals surface area (Å²) in [5, 5.41) is 7.90. The van der Waals surface area contributed by atoms with Crippen LogP contribution in [0.4, 0.5) is 0 Å². The predicted molar refractivity (Wildman–Crippen MR) is 139 cm³/mol. The third kappa shape index (κ3) is 2.84. The van der Waals surface area contributed by atoms with E-state index in [0.717, 1.165) is 0 Å². The highest BCUT2D eigenvalue weighted by molar-refractivity contribution is 6.25. The predicted octanol–water partition coefficient (Wildman–Crippen LogP) is 9.10. The van der Waals surface area contributed by atoms with Gasteiger partial charge < -0.3 is 0 Å². The summed E-state index contributed by atoms with van der Waals surface area (Å²) in [5.74, 6) is 0. The van der Waals surface area contributed by atoms with Gasteiger partial charge in [-0.05, 0) is 85.6 Å². The maximum Gasteiger partial charge on any atom is -0.00928 e. The standard InChI is InChI=1S/C32H24/c1-21-10-3-4-11-24(21)26-17-9-16-25(22(26)2)23-18-19-31-29-14-6-5-12-27(29)28-13-7-8-15-30(28)32(31)20-23/h3-20H,1-2H3. The Hall–Kier alpha value is -3.90. The molecule has 0 spiro atoms. The zero-order chi connectivity index (χ0) is 21.7. The normalized spacial score (nSPS) is 11.4. The Morgan fingerprint density at radius 3 is 1.53 bits per heavy atom. The molecule has 152 valence electrons. The van der Waals surface area contributed by atoms with Crippen molar-refractivity contribution in [1.29, 1.82) is 0 Å². The smallest absolute Gasteiger partial charge is 0.00928 e. The summed E-state index contributed by atoms with van der Waals surface area (Å²) in [6, 6.07) is 39.8. The Bertz CT molecular complexity index is 1600. The fraction of sp³-hybridized carbons (Fsp3) is 0.0625. The summed E-state index contributed by atoms with van der Waals surface area (Å²) in [6.07, 6.45) is 0. The van der Waals surface area contributed by atoms with Gasteiger partial charge in [0, 0.05) is 0 Å². The van der Waals surface area contributed by atoms with Crippen molar-refractivity contribution >= 4 is 32.3 Å². The lowest BCUT2D eigenvalue weighted by molar-refractivity contribution is 1.41. The second-order valence-corrected chi connectivity index (χ2v) is 8.64. The van der Waals surface area contributed by atoms with Crippen LogP contribution in [0, 0.1) is 13.8 Å². The van der Waals surface area contributed by atoms with Crippen LogP contribution in [-0.4, -0.2) is 0 Å². The molecule has 0 aromatic heterocycles. The molecule has 6 rings (SSSR count). The molecule has 0 aliphatic heterocycles. The Morgan fingerprint density at radius 1 is 0.375 bits per heavy atom. The van der Waals surface area contributed by atoms with Gasteiger partial charge in [-0.1, -0.05) is 103 Å². The highest BCUT2D eigenvalue weighted by atomic mass is 14.2. The molecular weight excluding hydrogens is 384 g/mol. The quantitative estimate of drug-likeness (QED) is 0.251. The lowest BCUT2D eigenvalue weighted by Crippen LogP contribution is -1.91. The van der Waals surface area contributed by atoms with Crippen LogP contribution in [0.1, 0.15) is 11.1 Å². The summed E-state index contributed by atoms with van der Waals surface area (Å²) in [7, 11) is 0. The highest BCUT2D eigenvalue weighted by Crippen LogP contribution is 2.39. The van der Waals surface area contributed by atoms with Crippen LogP contribution in [0.15, 0.2) is 109 Å². The molecule has 0 saturated heterocycles. The van der Waals surface area contributed by atoms with Gasteiger partial charge in [0.25, 0.3) is 0 Å². The van der Waals surface area contributed by atoms with Crippen molar-refractivity contribution in [3.05, 3.63) is 120 Å². The van der Waals surface area contributed by atoms with Crippen molar-refractivity contribution in [2.45, 2.75) is 13.8 Å². The largest absolute Gasteiger partial charge is 0.0620 e. The van der Waals surface area contributed by atoms with Crippen molar-refractivity contribution in [2.24, 2.45) is 0 Å². The first-order chi connectivity index (χ1) is 15.7. The van der Waals surface area contributed by atoms with Crippen LogP contribution >= 0.6 is 0 Å². The average Bonchev–Trinajstić information content (AvgIpc) is 2.85. The third-order valence-corrected chi connectivity index (χ3v) is 6.82. The minimum atomic E-state index is 1.27. The second kappa shape index (κ2) is 7.35. The minimum absolute atomic E-state index is 1.27. The molecule has 0 heterocycles. The molecule has 0 atom stereocenters. The van der Waals surface area contributed by atoms with Crippen LogP contribution in [0.5, 0.6) is 0 Å². The SMILES string of the molecule is Cc1ccccc1-c1cccc(-c2ccc3c4ccccc4c4ccccc4c3c2)c1C. The van der Waals surface area contributed by atoms with E-state index in [4.69, 9.17) is 0 Å². The number of benzene rings is 6. The van der Waals surface area contributed by atoms with Crippen molar-refractivity contribution in [3.63, 3.8) is 0 Å². The molecule has 0 aliphatic carbocycles. The number of hydrogen-bond acceptors (Lipinski definition) is 0. The van der Waals surface area contributed by atoms with E-state index >= 15 is 0 Å². The van der Waals surface area contributed by atoms with Gasteiger partial charge >= 0.3 is 0 Å². The van der Waals surface area contributed by atoms with E-state index in [0.29, 0.717) is 0 Å². The summed E-state index contributed by atoms with van der Waals surface area (Å²) >= 11 is 0. The van der Waals surface area contributed by atoms with Crippen LogP contribution in [0.2, 0.25) is 0 Å². The molecule has 0 saturated carbocycles. The van der Waals surface area contributed by atoms with Gasteiger partial charge in [0.05, 0.1) is 0 Å². The molecule has 0 N–H and O–H groups in total. The van der Waals surface area contributed by atoms with Gasteiger partial charge in [0.1, 0.15) is 0 Å². The zero-order valence-electron chi connectivity index (χ0n) is 18.4. The number of rotatable bonds is 2. The maximum atomic E-state index is 2.38. The summed E-state index contributed by atoms with van der Waals surface area (Å²) in [4.78, 5) is 0. The number of hydrogen-bond donors (Lipinski definition) is 0. The van der Waals surface area contributed by atoms with Crippen molar-refractivity contribution < 1.29 is 0 Å². The summed E-state index contributed by atoms with van der Waals surface area (Å²) < 4.78 is 0. The molecule has 0 unspecified atom stereocenters. The molecule has 0 radical (unpaired) electrons. The van der Waals surface area contributed by atoms with E-state index in [2.05, 4.69) is 123 Å². The Morgan fingerprint density at radius 2 is 0.875 bits per heavy atom. The number of fused-ring (bicyclic) bond motifs is 6. The Labute approximate surface area is 188 Å². The van der Waals surface area contributed by atoms with Gasteiger partial charge in [0.15, 0.2) is 0 Å². The molecular formula is C32H24. The maximum absolute atomic E-state index is 2.38. The van der Waals surface area contributed by atoms with Crippen molar-refractivity contribution in [1.82, 2.24) is 0 Å². The molecule has 0 fully saturated rings. The average molecular weight is 409 g/mol. The molecule has 0 nitrogen and oxygen atoms in total. The first-order valence-corrected chi connectivity index (χ1v) is 11.2. The summed E-state index contributed by atoms with van der Waals surface area (Å²) in [6.45, 7) is 4.44. The van der Waals surface area contributed by atoms with E-state index in [1.165, 1.54) is 65.7 Å². The molecule has 0 heteroatoms. The third-order valence-electron chi connectivity index (χ3n) is 6.82. The van der Waals surface area contributed by atoms with E-state index in [1.807, 2.05) is 0 Å². The monoisotopic (exact) mass is 408 g/mol. The topological polar surface area (TPSA) is 0 Å². The van der Waals surface area contributed by atoms with Crippen LogP contribution < -0.4 is 0 Å². The van der Waals surface area contributed by atoms with Gasteiger partial charge in [-0.2, -0.15) is 0 Å². The van der Waals surface area contributed by atoms with Crippen molar-refractivity contribution in [2.75, 3.05) is 0 Å². The van der Waals surface area contributed by atoms with Crippen LogP contribution in [0.25, 0.3) is 54.6 Å². The zero-order valence-corrected chi connectivity index (χ0v) is 18.4. The molecule has 0 bridgehead atoms. The molecule has 6 aromatic rings. The van der Waals surface area contributed by atoms with E-state index in [9.17, 15) is 0 Å². The lowest BCUT2D eigenvalue weighted by Gasteiger charge is -2.15. The van der Waals surface area contributed by atoms with E-state index in [1.54, 1.807) is 0 Å². The Balaban J connectivity index is 1.64. The fourth-order valence-corrected chi connectivity index (χ4v) is 5.19.